The van der Waals surface area contributed by atoms with Crippen LogP contribution in [0.15, 0.2) is 59.1 Å². The van der Waals surface area contributed by atoms with Crippen molar-refractivity contribution >= 4 is 23.6 Å². The van der Waals surface area contributed by atoms with Crippen molar-refractivity contribution < 1.29 is 28.4 Å². The largest absolute Gasteiger partial charge is 0.485 e. The molecular formula is C39H52N6O6. The van der Waals surface area contributed by atoms with Gasteiger partial charge >= 0.3 is 0 Å². The van der Waals surface area contributed by atoms with E-state index < -0.39 is 24.0 Å². The molecule has 1 fully saturated rings. The zero-order valence-electron chi connectivity index (χ0n) is 30.1. The molecule has 0 unspecified atom stereocenters. The highest BCUT2D eigenvalue weighted by Crippen LogP contribution is 2.25. The van der Waals surface area contributed by atoms with Gasteiger partial charge in [0.2, 0.25) is 29.4 Å². The Bertz CT molecular complexity index is 1610. The monoisotopic (exact) mass is 700 g/mol. The molecule has 0 spiro atoms. The Morgan fingerprint density at radius 3 is 2.39 bits per heavy atom. The summed E-state index contributed by atoms with van der Waals surface area (Å²) in [4.78, 5) is 63.5. The third-order valence-electron chi connectivity index (χ3n) is 9.64. The van der Waals surface area contributed by atoms with Gasteiger partial charge in [-0.15, -0.1) is 0 Å². The van der Waals surface area contributed by atoms with Crippen LogP contribution >= 0.6 is 0 Å². The number of rotatable bonds is 4. The maximum absolute atomic E-state index is 14.2. The number of hydrogen-bond acceptors (Lipinski definition) is 8. The van der Waals surface area contributed by atoms with E-state index in [-0.39, 0.29) is 35.8 Å². The molecule has 12 heteroatoms. The van der Waals surface area contributed by atoms with Crippen LogP contribution in [0.25, 0.3) is 0 Å². The molecule has 1 aromatic heterocycles. The number of likely N-dealkylation sites (N-methyl/N-ethyl adjacent to an activating group) is 1. The molecule has 2 N–H and O–H groups in total. The van der Waals surface area contributed by atoms with Gasteiger partial charge in [-0.3, -0.25) is 19.2 Å². The van der Waals surface area contributed by atoms with Gasteiger partial charge in [0.1, 0.15) is 23.9 Å². The second-order valence-corrected chi connectivity index (χ2v) is 14.1. The average molecular weight is 701 g/mol. The molecule has 274 valence electrons. The first-order valence-corrected chi connectivity index (χ1v) is 18.4. The van der Waals surface area contributed by atoms with E-state index in [1.807, 2.05) is 44.2 Å². The second kappa shape index (κ2) is 18.5. The average Bonchev–Trinajstić information content (AvgIpc) is 3.81. The molecule has 2 aliphatic rings. The number of nitrogens with zero attached hydrogens (tertiary/aromatic N) is 4. The van der Waals surface area contributed by atoms with Gasteiger partial charge in [0.25, 0.3) is 5.91 Å². The lowest BCUT2D eigenvalue weighted by Gasteiger charge is -2.34. The van der Waals surface area contributed by atoms with Crippen LogP contribution in [-0.2, 0) is 33.8 Å². The molecule has 2 bridgehead atoms. The fraction of sp³-hybridized carbons (Fsp3) is 0.538. The summed E-state index contributed by atoms with van der Waals surface area (Å²) >= 11 is 0. The van der Waals surface area contributed by atoms with Crippen molar-refractivity contribution in [3.63, 3.8) is 0 Å². The third-order valence-corrected chi connectivity index (χ3v) is 9.64. The molecule has 3 heterocycles. The zero-order chi connectivity index (χ0) is 36.2. The molecule has 0 radical (unpaired) electrons. The highest BCUT2D eigenvalue weighted by molar-refractivity contribution is 6.00. The fourth-order valence-electron chi connectivity index (χ4n) is 6.86. The minimum absolute atomic E-state index is 0.0229. The summed E-state index contributed by atoms with van der Waals surface area (Å²) in [7, 11) is 1.66. The van der Waals surface area contributed by atoms with Gasteiger partial charge in [-0.05, 0) is 55.7 Å². The van der Waals surface area contributed by atoms with Gasteiger partial charge in [0.05, 0.1) is 5.56 Å². The Hall–Kier alpha value is -4.74. The molecule has 5 rings (SSSR count). The third kappa shape index (κ3) is 10.4. The number of para-hydroxylation sites is 1. The number of hydrogen-bond donors (Lipinski definition) is 2. The summed E-state index contributed by atoms with van der Waals surface area (Å²) in [5.74, 6) is 0.0788. The first-order valence-electron chi connectivity index (χ1n) is 18.4. The first-order chi connectivity index (χ1) is 24.7. The Morgan fingerprint density at radius 2 is 1.61 bits per heavy atom. The van der Waals surface area contributed by atoms with E-state index in [2.05, 4.69) is 20.8 Å². The van der Waals surface area contributed by atoms with Crippen LogP contribution in [0.1, 0.15) is 99.3 Å². The molecule has 3 atom stereocenters. The van der Waals surface area contributed by atoms with E-state index in [1.165, 1.54) is 4.90 Å². The van der Waals surface area contributed by atoms with Crippen molar-refractivity contribution in [3.05, 3.63) is 77.4 Å². The van der Waals surface area contributed by atoms with Gasteiger partial charge < -0.3 is 29.7 Å². The van der Waals surface area contributed by atoms with Crippen LogP contribution < -0.4 is 15.4 Å². The number of ether oxygens (including phenoxy) is 1. The van der Waals surface area contributed by atoms with Crippen LogP contribution in [0.3, 0.4) is 0 Å². The fourth-order valence-corrected chi connectivity index (χ4v) is 6.86. The number of amides is 4. The standard InChI is InChI=1S/C39H52N6O6/c1-27(2)24-30-38(48)45-23-15-19-31(45)39(49)44(3)32(25-28-16-9-8-10-17-28)37(47)40-22-14-7-5-4-6-11-21-35-42-34(43-51-35)26-50-33-20-13-12-18-29(33)36(46)41-30/h8-10,12-13,16-18,20,27,30-32H,4-7,11,14-15,19,21-26H2,1-3H3,(H,40,47)(H,41,46)/t30-,31-,32+/m1/s1. The number of carbonyl (C=O) groups is 4. The summed E-state index contributed by atoms with van der Waals surface area (Å²) in [6.07, 6.45) is 8.37. The maximum atomic E-state index is 14.2. The number of nitrogens with one attached hydrogen (secondary N) is 2. The molecule has 12 nitrogen and oxygen atoms in total. The minimum Gasteiger partial charge on any atom is -0.485 e. The summed E-state index contributed by atoms with van der Waals surface area (Å²) in [5.41, 5.74) is 1.21. The first kappa shape index (κ1) is 37.5. The molecular weight excluding hydrogens is 648 g/mol. The lowest BCUT2D eigenvalue weighted by atomic mass is 10.0. The zero-order valence-corrected chi connectivity index (χ0v) is 30.1. The predicted octanol–water partition coefficient (Wildman–Crippen LogP) is 4.87. The van der Waals surface area contributed by atoms with Crippen molar-refractivity contribution in [2.75, 3.05) is 20.1 Å². The lowest BCUT2D eigenvalue weighted by molar-refractivity contribution is -0.147. The summed E-state index contributed by atoms with van der Waals surface area (Å²) in [6, 6.07) is 14.1. The van der Waals surface area contributed by atoms with Crippen molar-refractivity contribution in [2.24, 2.45) is 5.92 Å². The molecule has 0 aliphatic carbocycles. The van der Waals surface area contributed by atoms with Crippen LogP contribution in [0.2, 0.25) is 0 Å². The predicted molar refractivity (Wildman–Crippen MR) is 192 cm³/mol. The highest BCUT2D eigenvalue weighted by atomic mass is 16.5. The van der Waals surface area contributed by atoms with Crippen LogP contribution in [0.4, 0.5) is 0 Å². The Kier molecular flexibility index (Phi) is 13.6. The van der Waals surface area contributed by atoms with E-state index >= 15 is 0 Å². The van der Waals surface area contributed by atoms with E-state index in [1.54, 1.807) is 36.2 Å². The summed E-state index contributed by atoms with van der Waals surface area (Å²) in [6.45, 7) is 4.90. The Balaban J connectivity index is 1.39. The van der Waals surface area contributed by atoms with Crippen molar-refractivity contribution in [1.82, 2.24) is 30.6 Å². The molecule has 2 aromatic carbocycles. The molecule has 51 heavy (non-hydrogen) atoms. The van der Waals surface area contributed by atoms with E-state index in [0.29, 0.717) is 62.7 Å². The van der Waals surface area contributed by atoms with E-state index in [0.717, 1.165) is 44.1 Å². The second-order valence-electron chi connectivity index (χ2n) is 14.1. The Morgan fingerprint density at radius 1 is 0.882 bits per heavy atom. The van der Waals surface area contributed by atoms with E-state index in [4.69, 9.17) is 9.26 Å². The van der Waals surface area contributed by atoms with Gasteiger partial charge in [-0.1, -0.05) is 87.2 Å². The van der Waals surface area contributed by atoms with Crippen LogP contribution in [0, 0.1) is 5.92 Å². The van der Waals surface area contributed by atoms with E-state index in [9.17, 15) is 19.2 Å². The lowest BCUT2D eigenvalue weighted by Crippen LogP contribution is -2.57. The topological polar surface area (TPSA) is 147 Å². The number of fused-ring (bicyclic) bond motifs is 4. The molecule has 2 aliphatic heterocycles. The number of benzene rings is 2. The SMILES string of the molecule is CC(C)C[C@H]1NC(=O)c2ccccc2OCc2noc(n2)CCCCCCCCNC(=O)[C@H](Cc2ccccc2)N(C)C(=O)[C@H]2CCCN2C1=O. The minimum atomic E-state index is -0.869. The smallest absolute Gasteiger partial charge is 0.255 e. The molecule has 0 saturated carbocycles. The maximum Gasteiger partial charge on any atom is 0.255 e. The Labute approximate surface area is 300 Å². The van der Waals surface area contributed by atoms with Gasteiger partial charge in [0.15, 0.2) is 6.61 Å². The van der Waals surface area contributed by atoms with Gasteiger partial charge in [-0.2, -0.15) is 4.98 Å². The summed E-state index contributed by atoms with van der Waals surface area (Å²) in [5, 5.41) is 10.1. The molecule has 4 amide bonds. The van der Waals surface area contributed by atoms with Crippen molar-refractivity contribution in [1.29, 1.82) is 0 Å². The van der Waals surface area contributed by atoms with Crippen LogP contribution in [0.5, 0.6) is 5.75 Å². The van der Waals surface area contributed by atoms with Crippen molar-refractivity contribution in [2.45, 2.75) is 109 Å². The van der Waals surface area contributed by atoms with Crippen molar-refractivity contribution in [3.8, 4) is 5.75 Å². The highest BCUT2D eigenvalue weighted by Gasteiger charge is 2.41. The number of carbonyl (C=O) groups excluding carboxylic acids is 4. The quantitative estimate of drug-likeness (QED) is 0.392. The molecule has 3 aromatic rings. The molecule has 1 saturated heterocycles. The normalized spacial score (nSPS) is 22.2. The van der Waals surface area contributed by atoms with Gasteiger partial charge in [-0.25, -0.2) is 0 Å². The summed E-state index contributed by atoms with van der Waals surface area (Å²) < 4.78 is 11.4. The number of aromatic nitrogens is 2. The number of aryl methyl sites for hydroxylation is 1. The van der Waals surface area contributed by atoms with Crippen LogP contribution in [-0.4, -0.2) is 81.8 Å². The van der Waals surface area contributed by atoms with Gasteiger partial charge in [0, 0.05) is 33.0 Å².